The molecule has 0 bridgehead atoms. The van der Waals surface area contributed by atoms with E-state index in [1.54, 1.807) is 41.8 Å². The van der Waals surface area contributed by atoms with Crippen LogP contribution >= 0.6 is 11.3 Å². The van der Waals surface area contributed by atoms with E-state index in [0.29, 0.717) is 11.4 Å². The summed E-state index contributed by atoms with van der Waals surface area (Å²) in [5.74, 6) is 0.271. The number of rotatable bonds is 6. The monoisotopic (exact) mass is 461 g/mol. The molecule has 4 aromatic rings. The summed E-state index contributed by atoms with van der Waals surface area (Å²) in [4.78, 5) is 18.6. The van der Waals surface area contributed by atoms with Crippen molar-refractivity contribution < 1.29 is 13.6 Å². The fraction of sp³-hybridized carbons (Fsp3) is 0.231. The van der Waals surface area contributed by atoms with Crippen molar-refractivity contribution in [3.63, 3.8) is 0 Å². The van der Waals surface area contributed by atoms with Crippen LogP contribution in [0.4, 0.5) is 15.2 Å². The fourth-order valence-electron chi connectivity index (χ4n) is 4.34. The highest BCUT2D eigenvalue weighted by Gasteiger charge is 2.30. The van der Waals surface area contributed by atoms with Crippen LogP contribution < -0.4 is 10.6 Å². The van der Waals surface area contributed by atoms with Gasteiger partial charge in [-0.05, 0) is 74.1 Å². The van der Waals surface area contributed by atoms with E-state index >= 15 is 4.39 Å². The normalized spacial score (nSPS) is 13.9. The molecule has 1 amide bonds. The average molecular weight is 462 g/mol. The standard InChI is InChI=1S/C26H24FN3O2S/c1-16-12-13-28-22(15-16)29-24(17-7-2-4-9-19(17)27)23-18-8-3-5-11-21(18)33-26(23)30-25(31)20-10-6-14-32-20/h2,4,6-7,9-10,12-15,24H,3,5,8,11H2,1H3,(H,28,29)(H,30,31). The minimum Gasteiger partial charge on any atom is -0.459 e. The summed E-state index contributed by atoms with van der Waals surface area (Å²) in [6, 6.07) is 13.4. The van der Waals surface area contributed by atoms with E-state index in [-0.39, 0.29) is 17.5 Å². The third-order valence-electron chi connectivity index (χ3n) is 5.90. The number of amides is 1. The number of benzene rings is 1. The second-order valence-corrected chi connectivity index (χ2v) is 9.31. The predicted molar refractivity (Wildman–Crippen MR) is 128 cm³/mol. The van der Waals surface area contributed by atoms with Crippen LogP contribution in [0.1, 0.15) is 56.6 Å². The molecule has 0 aliphatic heterocycles. The van der Waals surface area contributed by atoms with E-state index in [1.165, 1.54) is 22.8 Å². The Morgan fingerprint density at radius 3 is 2.79 bits per heavy atom. The van der Waals surface area contributed by atoms with E-state index in [1.807, 2.05) is 25.1 Å². The van der Waals surface area contributed by atoms with Crippen molar-refractivity contribution >= 4 is 28.1 Å². The van der Waals surface area contributed by atoms with Gasteiger partial charge in [0.05, 0.1) is 12.3 Å². The first-order valence-electron chi connectivity index (χ1n) is 11.0. The molecular weight excluding hydrogens is 437 g/mol. The Hall–Kier alpha value is -3.45. The topological polar surface area (TPSA) is 67.2 Å². The molecule has 3 heterocycles. The quantitative estimate of drug-likeness (QED) is 0.343. The van der Waals surface area contributed by atoms with Crippen molar-refractivity contribution in [2.24, 2.45) is 0 Å². The number of thiophene rings is 1. The molecule has 0 radical (unpaired) electrons. The lowest BCUT2D eigenvalue weighted by Crippen LogP contribution is -2.19. The number of nitrogens with one attached hydrogen (secondary N) is 2. The number of nitrogens with zero attached hydrogens (tertiary/aromatic N) is 1. The van der Waals surface area contributed by atoms with Crippen LogP contribution in [-0.4, -0.2) is 10.9 Å². The molecule has 1 aromatic carbocycles. The van der Waals surface area contributed by atoms with E-state index in [0.717, 1.165) is 41.8 Å². The zero-order valence-corrected chi connectivity index (χ0v) is 19.0. The number of carbonyl (C=O) groups excluding carboxylic acids is 1. The second kappa shape index (κ2) is 9.19. The van der Waals surface area contributed by atoms with Gasteiger partial charge in [-0.15, -0.1) is 11.3 Å². The average Bonchev–Trinajstić information content (AvgIpc) is 3.46. The Balaban J connectivity index is 1.63. The summed E-state index contributed by atoms with van der Waals surface area (Å²) in [7, 11) is 0. The van der Waals surface area contributed by atoms with E-state index < -0.39 is 6.04 Å². The molecule has 168 valence electrons. The number of pyridine rings is 1. The second-order valence-electron chi connectivity index (χ2n) is 8.20. The van der Waals surface area contributed by atoms with Gasteiger partial charge < -0.3 is 15.1 Å². The summed E-state index contributed by atoms with van der Waals surface area (Å²) in [5, 5.41) is 7.22. The molecule has 1 aliphatic rings. The molecule has 0 saturated heterocycles. The van der Waals surface area contributed by atoms with Crippen LogP contribution in [0, 0.1) is 12.7 Å². The molecule has 2 N–H and O–H groups in total. The van der Waals surface area contributed by atoms with Crippen molar-refractivity contribution in [2.75, 3.05) is 10.6 Å². The maximum Gasteiger partial charge on any atom is 0.291 e. The molecule has 0 spiro atoms. The van der Waals surface area contributed by atoms with Gasteiger partial charge in [0, 0.05) is 22.2 Å². The molecule has 0 fully saturated rings. The summed E-state index contributed by atoms with van der Waals surface area (Å²) in [6.45, 7) is 1.99. The van der Waals surface area contributed by atoms with Gasteiger partial charge in [-0.25, -0.2) is 9.37 Å². The SMILES string of the molecule is Cc1ccnc(NC(c2ccccc2F)c2c(NC(=O)c3ccco3)sc3c2CCCC3)c1. The minimum absolute atomic E-state index is 0.239. The Bertz CT molecular complexity index is 1280. The molecule has 1 aliphatic carbocycles. The number of aromatic nitrogens is 1. The smallest absolute Gasteiger partial charge is 0.291 e. The summed E-state index contributed by atoms with van der Waals surface area (Å²) >= 11 is 1.57. The zero-order chi connectivity index (χ0) is 22.8. The Kier molecular flexibility index (Phi) is 5.96. The van der Waals surface area contributed by atoms with Crippen LogP contribution in [0.25, 0.3) is 0 Å². The number of hydrogen-bond acceptors (Lipinski definition) is 5. The third kappa shape index (κ3) is 4.41. The number of anilines is 2. The van der Waals surface area contributed by atoms with Gasteiger partial charge in [0.25, 0.3) is 5.91 Å². The molecule has 0 saturated carbocycles. The van der Waals surface area contributed by atoms with Gasteiger partial charge in [0.1, 0.15) is 16.6 Å². The summed E-state index contributed by atoms with van der Waals surface area (Å²) < 4.78 is 20.4. The molecule has 1 atom stereocenters. The third-order valence-corrected chi connectivity index (χ3v) is 7.12. The lowest BCUT2D eigenvalue weighted by molar-refractivity contribution is 0.0997. The Labute approximate surface area is 195 Å². The molecule has 3 aromatic heterocycles. The van der Waals surface area contributed by atoms with Gasteiger partial charge in [-0.2, -0.15) is 0 Å². The first-order chi connectivity index (χ1) is 16.1. The lowest BCUT2D eigenvalue weighted by Gasteiger charge is -2.24. The fourth-order valence-corrected chi connectivity index (χ4v) is 5.66. The van der Waals surface area contributed by atoms with E-state index in [4.69, 9.17) is 4.42 Å². The maximum atomic E-state index is 15.1. The van der Waals surface area contributed by atoms with Crippen molar-refractivity contribution in [3.05, 3.63) is 99.7 Å². The van der Waals surface area contributed by atoms with Gasteiger partial charge in [0.2, 0.25) is 0 Å². The van der Waals surface area contributed by atoms with E-state index in [9.17, 15) is 4.79 Å². The van der Waals surface area contributed by atoms with Gasteiger partial charge in [0.15, 0.2) is 5.76 Å². The van der Waals surface area contributed by atoms with Gasteiger partial charge in [-0.1, -0.05) is 18.2 Å². The highest BCUT2D eigenvalue weighted by molar-refractivity contribution is 7.16. The molecule has 1 unspecified atom stereocenters. The van der Waals surface area contributed by atoms with Crippen LogP contribution in [0.5, 0.6) is 0 Å². The van der Waals surface area contributed by atoms with Crippen LogP contribution in [0.15, 0.2) is 65.4 Å². The van der Waals surface area contributed by atoms with Crippen LogP contribution in [-0.2, 0) is 12.8 Å². The highest BCUT2D eigenvalue weighted by atomic mass is 32.1. The zero-order valence-electron chi connectivity index (χ0n) is 18.2. The molecular formula is C26H24FN3O2S. The van der Waals surface area contributed by atoms with Crippen LogP contribution in [0.2, 0.25) is 0 Å². The highest BCUT2D eigenvalue weighted by Crippen LogP contribution is 2.44. The lowest BCUT2D eigenvalue weighted by atomic mass is 9.89. The number of furan rings is 1. The van der Waals surface area contributed by atoms with Crippen molar-refractivity contribution in [1.82, 2.24) is 4.98 Å². The minimum atomic E-state index is -0.509. The van der Waals surface area contributed by atoms with Gasteiger partial charge in [-0.3, -0.25) is 4.79 Å². The number of fused-ring (bicyclic) bond motifs is 1. The van der Waals surface area contributed by atoms with Crippen LogP contribution in [0.3, 0.4) is 0 Å². The predicted octanol–water partition coefficient (Wildman–Crippen LogP) is 6.52. The number of carbonyl (C=O) groups is 1. The molecule has 5 rings (SSSR count). The first kappa shape index (κ1) is 21.4. The maximum absolute atomic E-state index is 15.1. The van der Waals surface area contributed by atoms with Crippen molar-refractivity contribution in [2.45, 2.75) is 38.6 Å². The Morgan fingerprint density at radius 2 is 2.00 bits per heavy atom. The van der Waals surface area contributed by atoms with Crippen molar-refractivity contribution in [3.8, 4) is 0 Å². The number of aryl methyl sites for hydroxylation is 2. The summed E-state index contributed by atoms with van der Waals surface area (Å²) in [5.41, 5.74) is 3.66. The van der Waals surface area contributed by atoms with Crippen molar-refractivity contribution in [1.29, 1.82) is 0 Å². The largest absolute Gasteiger partial charge is 0.459 e. The Morgan fingerprint density at radius 1 is 1.15 bits per heavy atom. The van der Waals surface area contributed by atoms with E-state index in [2.05, 4.69) is 15.6 Å². The number of hydrogen-bond donors (Lipinski definition) is 2. The molecule has 7 heteroatoms. The first-order valence-corrected chi connectivity index (χ1v) is 11.8. The summed E-state index contributed by atoms with van der Waals surface area (Å²) in [6.07, 6.45) is 7.23. The molecule has 5 nitrogen and oxygen atoms in total. The van der Waals surface area contributed by atoms with Gasteiger partial charge >= 0.3 is 0 Å². The molecule has 33 heavy (non-hydrogen) atoms. The number of halogens is 1.